The van der Waals surface area contributed by atoms with Crippen molar-refractivity contribution in [1.29, 1.82) is 0 Å². The molecule has 1 aliphatic heterocycles. The molecule has 2 heterocycles. The molecule has 1 saturated heterocycles. The summed E-state index contributed by atoms with van der Waals surface area (Å²) in [6.07, 6.45) is 3.20. The van der Waals surface area contributed by atoms with Crippen LogP contribution in [0.15, 0.2) is 67.0 Å². The minimum Gasteiger partial charge on any atom is -0.368 e. The van der Waals surface area contributed by atoms with Gasteiger partial charge in [-0.05, 0) is 48.9 Å². The fourth-order valence-electron chi connectivity index (χ4n) is 3.53. The average Bonchev–Trinajstić information content (AvgIpc) is 2.74. The Labute approximate surface area is 169 Å². The Balaban J connectivity index is 1.41. The smallest absolute Gasteiger partial charge is 0.255 e. The molecule has 3 aromatic rings. The minimum absolute atomic E-state index is 0.0377. The van der Waals surface area contributed by atoms with Gasteiger partial charge < -0.3 is 15.1 Å². The molecule has 2 aromatic carbocycles. The zero-order valence-electron chi connectivity index (χ0n) is 16.3. The van der Waals surface area contributed by atoms with Gasteiger partial charge in [-0.1, -0.05) is 18.2 Å². The molecule has 6 heteroatoms. The summed E-state index contributed by atoms with van der Waals surface area (Å²) in [4.78, 5) is 21.3. The van der Waals surface area contributed by atoms with Gasteiger partial charge >= 0.3 is 0 Å². The maximum atomic E-state index is 13.4. The van der Waals surface area contributed by atoms with Gasteiger partial charge in [0.2, 0.25) is 0 Å². The molecular weight excluding hydrogens is 367 g/mol. The van der Waals surface area contributed by atoms with E-state index in [0.717, 1.165) is 13.1 Å². The van der Waals surface area contributed by atoms with E-state index < -0.39 is 0 Å². The highest BCUT2D eigenvalue weighted by Gasteiger charge is 2.22. The van der Waals surface area contributed by atoms with E-state index in [4.69, 9.17) is 0 Å². The highest BCUT2D eigenvalue weighted by Crippen LogP contribution is 2.21. The summed E-state index contributed by atoms with van der Waals surface area (Å²) in [6.45, 7) is 5.00. The van der Waals surface area contributed by atoms with Crippen molar-refractivity contribution in [3.63, 3.8) is 0 Å². The lowest BCUT2D eigenvalue weighted by molar-refractivity contribution is 0.0746. The molecule has 0 spiro atoms. The van der Waals surface area contributed by atoms with Crippen LogP contribution in [0.5, 0.6) is 0 Å². The number of piperazine rings is 1. The molecule has 4 rings (SSSR count). The Morgan fingerprint density at radius 1 is 0.966 bits per heavy atom. The van der Waals surface area contributed by atoms with Crippen molar-refractivity contribution in [2.75, 3.05) is 36.4 Å². The molecule has 148 valence electrons. The van der Waals surface area contributed by atoms with Gasteiger partial charge in [0.1, 0.15) is 5.82 Å². The van der Waals surface area contributed by atoms with Crippen molar-refractivity contribution < 1.29 is 9.18 Å². The quantitative estimate of drug-likeness (QED) is 0.724. The molecule has 1 amide bonds. The molecular formula is C23H23FN4O. The SMILES string of the molecule is Cc1cccc(N2CCN(C(=O)c3cncc(Nc4cccc(F)c4)c3)CC2)c1. The van der Waals surface area contributed by atoms with Crippen LogP contribution >= 0.6 is 0 Å². The van der Waals surface area contributed by atoms with Gasteiger partial charge in [0, 0.05) is 43.8 Å². The Morgan fingerprint density at radius 2 is 1.76 bits per heavy atom. The monoisotopic (exact) mass is 390 g/mol. The van der Waals surface area contributed by atoms with Crippen molar-refractivity contribution in [2.24, 2.45) is 0 Å². The molecule has 0 unspecified atom stereocenters. The van der Waals surface area contributed by atoms with Crippen LogP contribution in [-0.2, 0) is 0 Å². The van der Waals surface area contributed by atoms with Gasteiger partial charge in [-0.25, -0.2) is 4.39 Å². The van der Waals surface area contributed by atoms with Crippen LogP contribution in [0.25, 0.3) is 0 Å². The first kappa shape index (κ1) is 18.9. The molecule has 1 N–H and O–H groups in total. The molecule has 5 nitrogen and oxygen atoms in total. The fraction of sp³-hybridized carbons (Fsp3) is 0.217. The van der Waals surface area contributed by atoms with E-state index in [1.807, 2.05) is 4.90 Å². The third kappa shape index (κ3) is 4.54. The number of amides is 1. The molecule has 0 aliphatic carbocycles. The second-order valence-electron chi connectivity index (χ2n) is 7.22. The number of nitrogens with zero attached hydrogens (tertiary/aromatic N) is 3. The molecule has 1 aromatic heterocycles. The molecule has 29 heavy (non-hydrogen) atoms. The first-order chi connectivity index (χ1) is 14.1. The Morgan fingerprint density at radius 3 is 2.52 bits per heavy atom. The number of aromatic nitrogens is 1. The summed E-state index contributed by atoms with van der Waals surface area (Å²) >= 11 is 0. The lowest BCUT2D eigenvalue weighted by Crippen LogP contribution is -2.48. The summed E-state index contributed by atoms with van der Waals surface area (Å²) in [5.41, 5.74) is 4.22. The van der Waals surface area contributed by atoms with Crippen molar-refractivity contribution in [2.45, 2.75) is 6.92 Å². The van der Waals surface area contributed by atoms with Crippen LogP contribution in [-0.4, -0.2) is 42.0 Å². The number of hydrogen-bond acceptors (Lipinski definition) is 4. The topological polar surface area (TPSA) is 48.5 Å². The van der Waals surface area contributed by atoms with Gasteiger partial charge in [-0.3, -0.25) is 9.78 Å². The van der Waals surface area contributed by atoms with E-state index in [1.54, 1.807) is 30.6 Å². The van der Waals surface area contributed by atoms with Gasteiger partial charge in [-0.15, -0.1) is 0 Å². The number of aryl methyl sites for hydroxylation is 1. The summed E-state index contributed by atoms with van der Waals surface area (Å²) in [7, 11) is 0. The molecule has 0 saturated carbocycles. The highest BCUT2D eigenvalue weighted by atomic mass is 19.1. The normalized spacial score (nSPS) is 14.0. The van der Waals surface area contributed by atoms with Gasteiger partial charge in [0.25, 0.3) is 5.91 Å². The largest absolute Gasteiger partial charge is 0.368 e. The van der Waals surface area contributed by atoms with Gasteiger partial charge in [-0.2, -0.15) is 0 Å². The minimum atomic E-state index is -0.318. The van der Waals surface area contributed by atoms with Crippen molar-refractivity contribution >= 4 is 23.0 Å². The second kappa shape index (κ2) is 8.31. The number of benzene rings is 2. The zero-order valence-corrected chi connectivity index (χ0v) is 16.3. The van der Waals surface area contributed by atoms with E-state index in [1.165, 1.54) is 23.4 Å². The third-order valence-electron chi connectivity index (χ3n) is 5.03. The first-order valence-electron chi connectivity index (χ1n) is 9.67. The lowest BCUT2D eigenvalue weighted by atomic mass is 10.1. The van der Waals surface area contributed by atoms with Crippen molar-refractivity contribution in [3.8, 4) is 0 Å². The molecule has 0 radical (unpaired) electrons. The Kier molecular flexibility index (Phi) is 5.42. The zero-order chi connectivity index (χ0) is 20.2. The lowest BCUT2D eigenvalue weighted by Gasteiger charge is -2.36. The number of carbonyl (C=O) groups is 1. The van der Waals surface area contributed by atoms with Crippen LogP contribution < -0.4 is 10.2 Å². The maximum absolute atomic E-state index is 13.4. The number of nitrogens with one attached hydrogen (secondary N) is 1. The van der Waals surface area contributed by atoms with Crippen LogP contribution in [0.3, 0.4) is 0 Å². The van der Waals surface area contributed by atoms with E-state index >= 15 is 0 Å². The summed E-state index contributed by atoms with van der Waals surface area (Å²) in [5, 5.41) is 3.10. The van der Waals surface area contributed by atoms with E-state index in [0.29, 0.717) is 30.0 Å². The number of rotatable bonds is 4. The second-order valence-corrected chi connectivity index (χ2v) is 7.22. The van der Waals surface area contributed by atoms with Gasteiger partial charge in [0.05, 0.1) is 17.4 Å². The highest BCUT2D eigenvalue weighted by molar-refractivity contribution is 5.95. The van der Waals surface area contributed by atoms with Crippen molar-refractivity contribution in [1.82, 2.24) is 9.88 Å². The predicted octanol–water partition coefficient (Wildman–Crippen LogP) is 4.24. The van der Waals surface area contributed by atoms with Crippen LogP contribution in [0, 0.1) is 12.7 Å². The van der Waals surface area contributed by atoms with Crippen molar-refractivity contribution in [3.05, 3.63) is 83.9 Å². The number of pyridine rings is 1. The average molecular weight is 390 g/mol. The Hall–Kier alpha value is -3.41. The summed E-state index contributed by atoms with van der Waals surface area (Å²) in [6, 6.07) is 16.4. The van der Waals surface area contributed by atoms with Crippen LogP contribution in [0.4, 0.5) is 21.5 Å². The summed E-state index contributed by atoms with van der Waals surface area (Å²) in [5.74, 6) is -0.356. The van der Waals surface area contributed by atoms with E-state index in [9.17, 15) is 9.18 Å². The fourth-order valence-corrected chi connectivity index (χ4v) is 3.53. The number of anilines is 3. The number of halogens is 1. The number of hydrogen-bond donors (Lipinski definition) is 1. The standard InChI is InChI=1S/C23H23FN4O/c1-17-4-2-7-22(12-17)27-8-10-28(11-9-27)23(29)18-13-21(16-25-15-18)26-20-6-3-5-19(24)14-20/h2-7,12-16,26H,8-11H2,1H3. The maximum Gasteiger partial charge on any atom is 0.255 e. The molecule has 1 aliphatic rings. The van der Waals surface area contributed by atoms with E-state index in [2.05, 4.69) is 46.4 Å². The molecule has 0 bridgehead atoms. The molecule has 0 atom stereocenters. The van der Waals surface area contributed by atoms with Crippen LogP contribution in [0.2, 0.25) is 0 Å². The number of carbonyl (C=O) groups excluding carboxylic acids is 1. The van der Waals surface area contributed by atoms with E-state index in [-0.39, 0.29) is 11.7 Å². The summed E-state index contributed by atoms with van der Waals surface area (Å²) < 4.78 is 13.4. The molecule has 1 fully saturated rings. The predicted molar refractivity (Wildman–Crippen MR) is 113 cm³/mol. The van der Waals surface area contributed by atoms with Crippen LogP contribution in [0.1, 0.15) is 15.9 Å². The van der Waals surface area contributed by atoms with Gasteiger partial charge in [0.15, 0.2) is 0 Å². The third-order valence-corrected chi connectivity index (χ3v) is 5.03. The Bertz CT molecular complexity index is 1020. The first-order valence-corrected chi connectivity index (χ1v) is 9.67.